The molecule has 0 saturated heterocycles. The van der Waals surface area contributed by atoms with E-state index in [9.17, 15) is 4.79 Å². The number of hydrogen-bond acceptors (Lipinski definition) is 5. The zero-order chi connectivity index (χ0) is 13.7. The number of esters is 1. The Kier molecular flexibility index (Phi) is 4.74. The van der Waals surface area contributed by atoms with Crippen LogP contribution < -0.4 is 11.1 Å². The quantitative estimate of drug-likeness (QED) is 0.810. The number of methoxy groups -OCH3 is 1. The predicted molar refractivity (Wildman–Crippen MR) is 74.0 cm³/mol. The van der Waals surface area contributed by atoms with Crippen LogP contribution in [0.5, 0.6) is 0 Å². The molecule has 1 fully saturated rings. The Balaban J connectivity index is 2.15. The van der Waals surface area contributed by atoms with E-state index in [1.54, 1.807) is 18.3 Å². The second-order valence-electron chi connectivity index (χ2n) is 4.92. The van der Waals surface area contributed by atoms with Crippen LogP contribution in [0.15, 0.2) is 18.3 Å². The van der Waals surface area contributed by atoms with Crippen LogP contribution in [0.1, 0.15) is 36.0 Å². The van der Waals surface area contributed by atoms with Crippen LogP contribution in [0.2, 0.25) is 0 Å². The normalized spacial score (nSPS) is 22.8. The SMILES string of the molecule is COC(=O)c1cccnc1NC1CCCCC1CN. The molecule has 19 heavy (non-hydrogen) atoms. The predicted octanol–water partition coefficient (Wildman–Crippen LogP) is 1.80. The summed E-state index contributed by atoms with van der Waals surface area (Å²) in [6.45, 7) is 0.665. The van der Waals surface area contributed by atoms with Crippen molar-refractivity contribution in [1.29, 1.82) is 0 Å². The number of pyridine rings is 1. The molecule has 3 N–H and O–H groups in total. The van der Waals surface area contributed by atoms with Crippen LogP contribution in [-0.2, 0) is 4.74 Å². The first-order valence-electron chi connectivity index (χ1n) is 6.76. The van der Waals surface area contributed by atoms with E-state index in [0.717, 1.165) is 12.8 Å². The van der Waals surface area contributed by atoms with Crippen molar-refractivity contribution in [2.45, 2.75) is 31.7 Å². The average molecular weight is 263 g/mol. The summed E-state index contributed by atoms with van der Waals surface area (Å²) in [4.78, 5) is 16.0. The maximum Gasteiger partial charge on any atom is 0.341 e. The van der Waals surface area contributed by atoms with Crippen LogP contribution in [0.3, 0.4) is 0 Å². The van der Waals surface area contributed by atoms with Gasteiger partial charge in [0.1, 0.15) is 11.4 Å². The van der Waals surface area contributed by atoms with Gasteiger partial charge in [-0.25, -0.2) is 9.78 Å². The van der Waals surface area contributed by atoms with E-state index < -0.39 is 0 Å². The molecule has 2 unspecified atom stereocenters. The van der Waals surface area contributed by atoms with Crippen molar-refractivity contribution < 1.29 is 9.53 Å². The fourth-order valence-electron chi connectivity index (χ4n) is 2.65. The minimum absolute atomic E-state index is 0.289. The molecule has 1 heterocycles. The minimum atomic E-state index is -0.365. The summed E-state index contributed by atoms with van der Waals surface area (Å²) < 4.78 is 4.78. The molecule has 5 heteroatoms. The summed E-state index contributed by atoms with van der Waals surface area (Å²) in [7, 11) is 1.38. The van der Waals surface area contributed by atoms with E-state index in [1.165, 1.54) is 20.0 Å². The van der Waals surface area contributed by atoms with Gasteiger partial charge >= 0.3 is 5.97 Å². The zero-order valence-corrected chi connectivity index (χ0v) is 11.3. The zero-order valence-electron chi connectivity index (χ0n) is 11.3. The van der Waals surface area contributed by atoms with Crippen molar-refractivity contribution in [1.82, 2.24) is 4.98 Å². The van der Waals surface area contributed by atoms with Crippen molar-refractivity contribution in [2.75, 3.05) is 19.0 Å². The van der Waals surface area contributed by atoms with Gasteiger partial charge in [-0.2, -0.15) is 0 Å². The molecule has 0 spiro atoms. The molecular formula is C14H21N3O2. The number of ether oxygens (including phenoxy) is 1. The van der Waals surface area contributed by atoms with Crippen LogP contribution >= 0.6 is 0 Å². The Morgan fingerprint density at radius 3 is 3.05 bits per heavy atom. The molecule has 2 rings (SSSR count). The molecule has 104 valence electrons. The molecule has 0 bridgehead atoms. The van der Waals surface area contributed by atoms with E-state index in [4.69, 9.17) is 10.5 Å². The second-order valence-corrected chi connectivity index (χ2v) is 4.92. The Morgan fingerprint density at radius 2 is 2.32 bits per heavy atom. The fourth-order valence-corrected chi connectivity index (χ4v) is 2.65. The molecule has 0 aromatic carbocycles. The average Bonchev–Trinajstić information content (AvgIpc) is 2.47. The Bertz CT molecular complexity index is 436. The van der Waals surface area contributed by atoms with Gasteiger partial charge in [0, 0.05) is 12.2 Å². The topological polar surface area (TPSA) is 77.2 Å². The summed E-state index contributed by atoms with van der Waals surface area (Å²) in [6, 6.07) is 3.75. The number of anilines is 1. The maximum atomic E-state index is 11.7. The van der Waals surface area contributed by atoms with Gasteiger partial charge in [0.2, 0.25) is 0 Å². The maximum absolute atomic E-state index is 11.7. The summed E-state index contributed by atoms with van der Waals surface area (Å²) >= 11 is 0. The molecule has 0 aliphatic heterocycles. The summed E-state index contributed by atoms with van der Waals surface area (Å²) in [6.07, 6.45) is 6.29. The summed E-state index contributed by atoms with van der Waals surface area (Å²) in [5.41, 5.74) is 6.30. The number of aromatic nitrogens is 1. The minimum Gasteiger partial charge on any atom is -0.465 e. The number of carbonyl (C=O) groups is 1. The Hall–Kier alpha value is -1.62. The van der Waals surface area contributed by atoms with E-state index >= 15 is 0 Å². The van der Waals surface area contributed by atoms with Crippen LogP contribution in [-0.4, -0.2) is 30.6 Å². The van der Waals surface area contributed by atoms with Crippen molar-refractivity contribution in [2.24, 2.45) is 11.7 Å². The molecule has 1 aliphatic carbocycles. The third-order valence-corrected chi connectivity index (χ3v) is 3.75. The lowest BCUT2D eigenvalue weighted by atomic mass is 9.84. The highest BCUT2D eigenvalue weighted by Gasteiger charge is 2.25. The van der Waals surface area contributed by atoms with E-state index in [-0.39, 0.29) is 12.0 Å². The largest absolute Gasteiger partial charge is 0.465 e. The van der Waals surface area contributed by atoms with Crippen molar-refractivity contribution in [3.05, 3.63) is 23.9 Å². The molecule has 1 saturated carbocycles. The lowest BCUT2D eigenvalue weighted by Gasteiger charge is -2.32. The van der Waals surface area contributed by atoms with E-state index in [2.05, 4.69) is 10.3 Å². The Labute approximate surface area is 113 Å². The molecule has 0 radical (unpaired) electrons. The van der Waals surface area contributed by atoms with Gasteiger partial charge in [0.05, 0.1) is 7.11 Å². The van der Waals surface area contributed by atoms with Crippen molar-refractivity contribution in [3.8, 4) is 0 Å². The molecule has 1 aromatic rings. The number of nitrogens with zero attached hydrogens (tertiary/aromatic N) is 1. The third kappa shape index (κ3) is 3.23. The molecular weight excluding hydrogens is 242 g/mol. The van der Waals surface area contributed by atoms with Gasteiger partial charge in [0.15, 0.2) is 0 Å². The third-order valence-electron chi connectivity index (χ3n) is 3.75. The monoisotopic (exact) mass is 263 g/mol. The first-order chi connectivity index (χ1) is 9.26. The van der Waals surface area contributed by atoms with Crippen LogP contribution in [0, 0.1) is 5.92 Å². The molecule has 2 atom stereocenters. The number of rotatable bonds is 4. The highest BCUT2D eigenvalue weighted by Crippen LogP contribution is 2.27. The van der Waals surface area contributed by atoms with Gasteiger partial charge in [-0.1, -0.05) is 12.8 Å². The molecule has 5 nitrogen and oxygen atoms in total. The first kappa shape index (κ1) is 13.8. The van der Waals surface area contributed by atoms with Crippen LogP contribution in [0.4, 0.5) is 5.82 Å². The number of nitrogens with one attached hydrogen (secondary N) is 1. The lowest BCUT2D eigenvalue weighted by Crippen LogP contribution is -2.37. The molecule has 0 amide bonds. The molecule has 1 aromatic heterocycles. The first-order valence-corrected chi connectivity index (χ1v) is 6.76. The number of carbonyl (C=O) groups excluding carboxylic acids is 1. The highest BCUT2D eigenvalue weighted by atomic mass is 16.5. The summed E-state index contributed by atoms with van der Waals surface area (Å²) in [5, 5.41) is 3.37. The second kappa shape index (κ2) is 6.52. The highest BCUT2D eigenvalue weighted by molar-refractivity contribution is 5.94. The van der Waals surface area contributed by atoms with Gasteiger partial charge < -0.3 is 15.8 Å². The van der Waals surface area contributed by atoms with E-state index in [0.29, 0.717) is 23.8 Å². The Morgan fingerprint density at radius 1 is 1.53 bits per heavy atom. The number of nitrogens with two attached hydrogens (primary N) is 1. The van der Waals surface area contributed by atoms with Gasteiger partial charge in [-0.15, -0.1) is 0 Å². The smallest absolute Gasteiger partial charge is 0.341 e. The fraction of sp³-hybridized carbons (Fsp3) is 0.571. The van der Waals surface area contributed by atoms with Crippen molar-refractivity contribution in [3.63, 3.8) is 0 Å². The molecule has 1 aliphatic rings. The van der Waals surface area contributed by atoms with Gasteiger partial charge in [0.25, 0.3) is 0 Å². The standard InChI is InChI=1S/C14H21N3O2/c1-19-14(18)11-6-4-8-16-13(11)17-12-7-3-2-5-10(12)9-15/h4,6,8,10,12H,2-3,5,7,9,15H2,1H3,(H,16,17). The number of hydrogen-bond donors (Lipinski definition) is 2. The van der Waals surface area contributed by atoms with Gasteiger partial charge in [-0.3, -0.25) is 0 Å². The van der Waals surface area contributed by atoms with Crippen molar-refractivity contribution >= 4 is 11.8 Å². The van der Waals surface area contributed by atoms with Crippen LogP contribution in [0.25, 0.3) is 0 Å². The van der Waals surface area contributed by atoms with E-state index in [1.807, 2.05) is 0 Å². The summed E-state index contributed by atoms with van der Waals surface area (Å²) in [5.74, 6) is 0.677. The van der Waals surface area contributed by atoms with Gasteiger partial charge in [-0.05, 0) is 37.4 Å². The lowest BCUT2D eigenvalue weighted by molar-refractivity contribution is 0.0601.